The minimum absolute atomic E-state index is 0.0912. The standard InChI is InChI=1S/C22H18N4O2S/c1-14-11-17(16-9-5-6-10-18(16)23-14)22(28)26-25-20(27)12-21-24-19(13-29-21)15-7-3-2-4-8-15/h2-11,13H,12H2,1H3,(H,25,27)(H,26,28). The molecule has 2 aromatic heterocycles. The molecule has 144 valence electrons. The molecule has 0 saturated heterocycles. The lowest BCUT2D eigenvalue weighted by atomic mass is 10.1. The van der Waals surface area contributed by atoms with Gasteiger partial charge in [0, 0.05) is 22.0 Å². The van der Waals surface area contributed by atoms with Crippen molar-refractivity contribution in [3.8, 4) is 11.3 Å². The van der Waals surface area contributed by atoms with Crippen LogP contribution in [0.4, 0.5) is 0 Å². The Morgan fingerprint density at radius 3 is 2.55 bits per heavy atom. The number of hydrogen-bond acceptors (Lipinski definition) is 5. The molecule has 0 radical (unpaired) electrons. The predicted molar refractivity (Wildman–Crippen MR) is 113 cm³/mol. The fourth-order valence-electron chi connectivity index (χ4n) is 3.00. The monoisotopic (exact) mass is 402 g/mol. The Morgan fingerprint density at radius 1 is 0.966 bits per heavy atom. The molecule has 0 aliphatic heterocycles. The Bertz CT molecular complexity index is 1190. The lowest BCUT2D eigenvalue weighted by molar-refractivity contribution is -0.121. The summed E-state index contributed by atoms with van der Waals surface area (Å²) in [4.78, 5) is 33.8. The largest absolute Gasteiger partial charge is 0.273 e. The summed E-state index contributed by atoms with van der Waals surface area (Å²) >= 11 is 1.41. The highest BCUT2D eigenvalue weighted by Gasteiger charge is 2.14. The third kappa shape index (κ3) is 4.30. The number of hydrogen-bond donors (Lipinski definition) is 2. The van der Waals surface area contributed by atoms with Crippen molar-refractivity contribution >= 4 is 34.1 Å². The maximum atomic E-state index is 12.6. The molecular weight excluding hydrogens is 384 g/mol. The van der Waals surface area contributed by atoms with E-state index in [1.807, 2.05) is 66.9 Å². The second-order valence-electron chi connectivity index (χ2n) is 6.50. The van der Waals surface area contributed by atoms with Crippen LogP contribution in [0.3, 0.4) is 0 Å². The fourth-order valence-corrected chi connectivity index (χ4v) is 3.81. The number of carbonyl (C=O) groups is 2. The van der Waals surface area contributed by atoms with Gasteiger partial charge in [-0.25, -0.2) is 4.98 Å². The highest BCUT2D eigenvalue weighted by atomic mass is 32.1. The summed E-state index contributed by atoms with van der Waals surface area (Å²) in [6.45, 7) is 1.83. The van der Waals surface area contributed by atoms with Gasteiger partial charge in [-0.05, 0) is 19.1 Å². The Kier molecular flexibility index (Phi) is 5.31. The maximum Gasteiger partial charge on any atom is 0.270 e. The molecule has 0 saturated carbocycles. The fraction of sp³-hybridized carbons (Fsp3) is 0.0909. The molecule has 2 aromatic carbocycles. The van der Waals surface area contributed by atoms with Gasteiger partial charge in [-0.1, -0.05) is 48.5 Å². The summed E-state index contributed by atoms with van der Waals surface area (Å²) in [5.74, 6) is -0.716. The molecule has 0 atom stereocenters. The molecule has 2 amide bonds. The molecule has 4 aromatic rings. The van der Waals surface area contributed by atoms with Crippen LogP contribution in [-0.4, -0.2) is 21.8 Å². The molecule has 0 bridgehead atoms. The number of pyridine rings is 1. The first-order valence-corrected chi connectivity index (χ1v) is 9.93. The SMILES string of the molecule is Cc1cc(C(=O)NNC(=O)Cc2nc(-c3ccccc3)cs2)c2ccccc2n1. The first-order chi connectivity index (χ1) is 14.1. The second-order valence-corrected chi connectivity index (χ2v) is 7.44. The van der Waals surface area contributed by atoms with Crippen LogP contribution in [0.2, 0.25) is 0 Å². The lowest BCUT2D eigenvalue weighted by Crippen LogP contribution is -2.42. The van der Waals surface area contributed by atoms with Crippen molar-refractivity contribution in [3.05, 3.63) is 82.3 Å². The summed E-state index contributed by atoms with van der Waals surface area (Å²) in [5.41, 5.74) is 8.73. The topological polar surface area (TPSA) is 84.0 Å². The molecule has 2 heterocycles. The summed E-state index contributed by atoms with van der Waals surface area (Å²) in [6, 6.07) is 18.9. The van der Waals surface area contributed by atoms with Crippen molar-refractivity contribution in [2.24, 2.45) is 0 Å². The average Bonchev–Trinajstić information content (AvgIpc) is 3.20. The van der Waals surface area contributed by atoms with E-state index < -0.39 is 0 Å². The van der Waals surface area contributed by atoms with Gasteiger partial charge in [0.05, 0.1) is 23.2 Å². The third-order valence-electron chi connectivity index (χ3n) is 4.34. The molecule has 29 heavy (non-hydrogen) atoms. The van der Waals surface area contributed by atoms with E-state index in [0.717, 1.165) is 27.9 Å². The van der Waals surface area contributed by atoms with Crippen molar-refractivity contribution in [2.75, 3.05) is 0 Å². The van der Waals surface area contributed by atoms with Crippen LogP contribution in [0.1, 0.15) is 21.1 Å². The normalized spacial score (nSPS) is 10.7. The van der Waals surface area contributed by atoms with Gasteiger partial charge >= 0.3 is 0 Å². The quantitative estimate of drug-likeness (QED) is 0.510. The van der Waals surface area contributed by atoms with Crippen LogP contribution in [0.25, 0.3) is 22.2 Å². The van der Waals surface area contributed by atoms with E-state index >= 15 is 0 Å². The maximum absolute atomic E-state index is 12.6. The molecule has 6 nitrogen and oxygen atoms in total. The van der Waals surface area contributed by atoms with Gasteiger partial charge in [0.15, 0.2) is 0 Å². The molecule has 0 aliphatic carbocycles. The summed E-state index contributed by atoms with van der Waals surface area (Å²) in [6.07, 6.45) is 0.0912. The number of aromatic nitrogens is 2. The van der Waals surface area contributed by atoms with Gasteiger partial charge in [0.25, 0.3) is 5.91 Å². The average molecular weight is 402 g/mol. The van der Waals surface area contributed by atoms with E-state index in [2.05, 4.69) is 20.8 Å². The van der Waals surface area contributed by atoms with Gasteiger partial charge in [-0.3, -0.25) is 25.4 Å². The van der Waals surface area contributed by atoms with Crippen molar-refractivity contribution in [2.45, 2.75) is 13.3 Å². The summed E-state index contributed by atoms with van der Waals surface area (Å²) in [5, 5.41) is 3.33. The zero-order valence-electron chi connectivity index (χ0n) is 15.7. The van der Waals surface area contributed by atoms with Gasteiger partial charge in [0.2, 0.25) is 5.91 Å². The highest BCUT2D eigenvalue weighted by Crippen LogP contribution is 2.22. The van der Waals surface area contributed by atoms with Crippen molar-refractivity contribution in [1.82, 2.24) is 20.8 Å². The van der Waals surface area contributed by atoms with Gasteiger partial charge in [0.1, 0.15) is 5.01 Å². The molecule has 0 aliphatic rings. The van der Waals surface area contributed by atoms with Crippen molar-refractivity contribution in [1.29, 1.82) is 0 Å². The minimum atomic E-state index is -0.385. The number of carbonyl (C=O) groups excluding carboxylic acids is 2. The Morgan fingerprint density at radius 2 is 1.72 bits per heavy atom. The summed E-state index contributed by atoms with van der Waals surface area (Å²) < 4.78 is 0. The number of fused-ring (bicyclic) bond motifs is 1. The zero-order valence-corrected chi connectivity index (χ0v) is 16.5. The second kappa shape index (κ2) is 8.20. The smallest absolute Gasteiger partial charge is 0.270 e. The molecule has 2 N–H and O–H groups in total. The molecule has 0 fully saturated rings. The van der Waals surface area contributed by atoms with Gasteiger partial charge in [-0.15, -0.1) is 11.3 Å². The highest BCUT2D eigenvalue weighted by molar-refractivity contribution is 7.10. The first kappa shape index (κ1) is 18.8. The Labute approximate surface area is 171 Å². The van der Waals surface area contributed by atoms with Crippen LogP contribution in [0, 0.1) is 6.92 Å². The van der Waals surface area contributed by atoms with Crippen LogP contribution in [-0.2, 0) is 11.2 Å². The summed E-state index contributed by atoms with van der Waals surface area (Å²) in [7, 11) is 0. The van der Waals surface area contributed by atoms with E-state index in [1.54, 1.807) is 6.07 Å². The van der Waals surface area contributed by atoms with Crippen LogP contribution in [0.15, 0.2) is 66.0 Å². The van der Waals surface area contributed by atoms with Gasteiger partial charge < -0.3 is 0 Å². The van der Waals surface area contributed by atoms with Crippen molar-refractivity contribution in [3.63, 3.8) is 0 Å². The number of thiazole rings is 1. The number of nitrogens with zero attached hydrogens (tertiary/aromatic N) is 2. The molecular formula is C22H18N4O2S. The van der Waals surface area contributed by atoms with E-state index in [9.17, 15) is 9.59 Å². The molecule has 0 unspecified atom stereocenters. The third-order valence-corrected chi connectivity index (χ3v) is 5.19. The van der Waals surface area contributed by atoms with E-state index in [-0.39, 0.29) is 18.2 Å². The van der Waals surface area contributed by atoms with E-state index in [4.69, 9.17) is 0 Å². The number of nitrogens with one attached hydrogen (secondary N) is 2. The minimum Gasteiger partial charge on any atom is -0.273 e. The van der Waals surface area contributed by atoms with Crippen molar-refractivity contribution < 1.29 is 9.59 Å². The molecule has 0 spiro atoms. The van der Waals surface area contributed by atoms with Gasteiger partial charge in [-0.2, -0.15) is 0 Å². The zero-order chi connectivity index (χ0) is 20.2. The van der Waals surface area contributed by atoms with E-state index in [0.29, 0.717) is 10.6 Å². The molecule has 4 rings (SSSR count). The van der Waals surface area contributed by atoms with Crippen LogP contribution >= 0.6 is 11.3 Å². The number of rotatable bonds is 4. The Balaban J connectivity index is 1.40. The van der Waals surface area contributed by atoms with E-state index in [1.165, 1.54) is 11.3 Å². The molecule has 7 heteroatoms. The number of benzene rings is 2. The number of para-hydroxylation sites is 1. The van der Waals surface area contributed by atoms with Crippen LogP contribution in [0.5, 0.6) is 0 Å². The lowest BCUT2D eigenvalue weighted by Gasteiger charge is -2.09. The number of amides is 2. The Hall–Kier alpha value is -3.58. The predicted octanol–water partition coefficient (Wildman–Crippen LogP) is 3.67. The number of hydrazine groups is 1. The first-order valence-electron chi connectivity index (χ1n) is 9.05. The van der Waals surface area contributed by atoms with Crippen LogP contribution < -0.4 is 10.9 Å². The number of aryl methyl sites for hydroxylation is 1.